The van der Waals surface area contributed by atoms with Crippen molar-refractivity contribution in [2.45, 2.75) is 19.4 Å². The molecule has 0 saturated heterocycles. The number of rotatable bonds is 5. The van der Waals surface area contributed by atoms with E-state index in [1.807, 2.05) is 11.9 Å². The third-order valence-corrected chi connectivity index (χ3v) is 4.04. The standard InChI is InChI=1S/C14H17N3O2S/c1-10(9-11-5-4-8-20-11)17(2)13-7-6-12(15-16-13)14(18)19-3/h4-8,10H,9H2,1-3H3/t10-/m0/s1. The van der Waals surface area contributed by atoms with Crippen molar-refractivity contribution in [2.24, 2.45) is 0 Å². The van der Waals surface area contributed by atoms with E-state index in [9.17, 15) is 4.79 Å². The van der Waals surface area contributed by atoms with E-state index in [-0.39, 0.29) is 5.69 Å². The summed E-state index contributed by atoms with van der Waals surface area (Å²) in [5, 5.41) is 10.0. The molecule has 0 saturated carbocycles. The zero-order chi connectivity index (χ0) is 14.5. The van der Waals surface area contributed by atoms with Gasteiger partial charge in [0.15, 0.2) is 11.5 Å². The highest BCUT2D eigenvalue weighted by Gasteiger charge is 2.14. The van der Waals surface area contributed by atoms with Crippen molar-refractivity contribution in [3.05, 3.63) is 40.2 Å². The molecular formula is C14H17N3O2S. The van der Waals surface area contributed by atoms with E-state index in [1.165, 1.54) is 12.0 Å². The predicted octanol–water partition coefficient (Wildman–Crippen LogP) is 2.39. The largest absolute Gasteiger partial charge is 0.464 e. The average Bonchev–Trinajstić information content (AvgIpc) is 2.98. The van der Waals surface area contributed by atoms with Crippen LogP contribution in [-0.4, -0.2) is 36.4 Å². The van der Waals surface area contributed by atoms with Gasteiger partial charge in [0.05, 0.1) is 7.11 Å². The molecule has 0 N–H and O–H groups in total. The molecule has 0 amide bonds. The zero-order valence-electron chi connectivity index (χ0n) is 11.7. The molecule has 2 aromatic rings. The molecule has 0 aromatic carbocycles. The first-order valence-electron chi connectivity index (χ1n) is 6.29. The lowest BCUT2D eigenvalue weighted by molar-refractivity contribution is 0.0592. The summed E-state index contributed by atoms with van der Waals surface area (Å²) in [4.78, 5) is 14.7. The minimum absolute atomic E-state index is 0.218. The molecular weight excluding hydrogens is 274 g/mol. The van der Waals surface area contributed by atoms with Crippen LogP contribution in [0.2, 0.25) is 0 Å². The number of anilines is 1. The smallest absolute Gasteiger partial charge is 0.358 e. The molecule has 0 aliphatic carbocycles. The number of hydrogen-bond acceptors (Lipinski definition) is 6. The van der Waals surface area contributed by atoms with Crippen LogP contribution < -0.4 is 4.90 Å². The third-order valence-electron chi connectivity index (χ3n) is 3.14. The van der Waals surface area contributed by atoms with Crippen molar-refractivity contribution in [2.75, 3.05) is 19.1 Å². The van der Waals surface area contributed by atoms with E-state index in [0.717, 1.165) is 12.2 Å². The summed E-state index contributed by atoms with van der Waals surface area (Å²) >= 11 is 1.75. The fourth-order valence-electron chi connectivity index (χ4n) is 1.81. The van der Waals surface area contributed by atoms with Crippen molar-refractivity contribution in [3.8, 4) is 0 Å². The van der Waals surface area contributed by atoms with Crippen LogP contribution in [0, 0.1) is 0 Å². The molecule has 0 fully saturated rings. The van der Waals surface area contributed by atoms with E-state index in [4.69, 9.17) is 0 Å². The molecule has 0 spiro atoms. The highest BCUT2D eigenvalue weighted by Crippen LogP contribution is 2.17. The van der Waals surface area contributed by atoms with Crippen LogP contribution >= 0.6 is 11.3 Å². The second-order valence-corrected chi connectivity index (χ2v) is 5.54. The second kappa shape index (κ2) is 6.47. The number of carbonyl (C=O) groups is 1. The van der Waals surface area contributed by atoms with Gasteiger partial charge >= 0.3 is 5.97 Å². The first-order chi connectivity index (χ1) is 9.61. The van der Waals surface area contributed by atoms with Gasteiger partial charge in [0.25, 0.3) is 0 Å². The molecule has 2 aromatic heterocycles. The SMILES string of the molecule is COC(=O)c1ccc(N(C)[C@@H](C)Cc2cccs2)nn1. The van der Waals surface area contributed by atoms with Crippen molar-refractivity contribution in [1.82, 2.24) is 10.2 Å². The summed E-state index contributed by atoms with van der Waals surface area (Å²) < 4.78 is 4.60. The van der Waals surface area contributed by atoms with E-state index in [0.29, 0.717) is 6.04 Å². The van der Waals surface area contributed by atoms with Crippen LogP contribution in [0.1, 0.15) is 22.3 Å². The third kappa shape index (κ3) is 3.33. The summed E-state index contributed by atoms with van der Waals surface area (Å²) in [6, 6.07) is 7.89. The normalized spacial score (nSPS) is 11.9. The van der Waals surface area contributed by atoms with Crippen LogP contribution in [0.5, 0.6) is 0 Å². The minimum Gasteiger partial charge on any atom is -0.464 e. The number of esters is 1. The van der Waals surface area contributed by atoms with Crippen LogP contribution in [0.3, 0.4) is 0 Å². The first-order valence-corrected chi connectivity index (χ1v) is 7.17. The van der Waals surface area contributed by atoms with Gasteiger partial charge < -0.3 is 9.64 Å². The number of ether oxygens (including phenoxy) is 1. The minimum atomic E-state index is -0.474. The van der Waals surface area contributed by atoms with Crippen LogP contribution in [0.15, 0.2) is 29.6 Å². The van der Waals surface area contributed by atoms with Gasteiger partial charge in [0, 0.05) is 24.4 Å². The second-order valence-electron chi connectivity index (χ2n) is 4.51. The molecule has 0 aliphatic rings. The lowest BCUT2D eigenvalue weighted by Crippen LogP contribution is -2.31. The lowest BCUT2D eigenvalue weighted by atomic mass is 10.2. The van der Waals surface area contributed by atoms with Crippen molar-refractivity contribution < 1.29 is 9.53 Å². The monoisotopic (exact) mass is 291 g/mol. The Hall–Kier alpha value is -1.95. The number of carbonyl (C=O) groups excluding carboxylic acids is 1. The van der Waals surface area contributed by atoms with Gasteiger partial charge in [-0.15, -0.1) is 21.5 Å². The maximum absolute atomic E-state index is 11.3. The Morgan fingerprint density at radius 2 is 2.20 bits per heavy atom. The topological polar surface area (TPSA) is 55.3 Å². The molecule has 1 atom stereocenters. The number of thiophene rings is 1. The Balaban J connectivity index is 2.04. The van der Waals surface area contributed by atoms with E-state index >= 15 is 0 Å². The van der Waals surface area contributed by atoms with Crippen LogP contribution in [0.25, 0.3) is 0 Å². The molecule has 0 unspecified atom stereocenters. The quantitative estimate of drug-likeness (QED) is 0.792. The number of nitrogens with zero attached hydrogens (tertiary/aromatic N) is 3. The predicted molar refractivity (Wildman–Crippen MR) is 79.3 cm³/mol. The Morgan fingerprint density at radius 1 is 1.40 bits per heavy atom. The molecule has 2 rings (SSSR count). The van der Waals surface area contributed by atoms with E-state index < -0.39 is 5.97 Å². The Kier molecular flexibility index (Phi) is 4.68. The summed E-state index contributed by atoms with van der Waals surface area (Å²) in [7, 11) is 3.30. The maximum atomic E-state index is 11.3. The highest BCUT2D eigenvalue weighted by atomic mass is 32.1. The van der Waals surface area contributed by atoms with E-state index in [1.54, 1.807) is 23.5 Å². The molecule has 5 nitrogen and oxygen atoms in total. The van der Waals surface area contributed by atoms with Crippen molar-refractivity contribution >= 4 is 23.1 Å². The average molecular weight is 291 g/mol. The maximum Gasteiger partial charge on any atom is 0.358 e. The molecule has 20 heavy (non-hydrogen) atoms. The molecule has 6 heteroatoms. The number of aromatic nitrogens is 2. The molecule has 106 valence electrons. The van der Waals surface area contributed by atoms with Crippen molar-refractivity contribution in [1.29, 1.82) is 0 Å². The Labute approximate surface area is 122 Å². The first kappa shape index (κ1) is 14.5. The lowest BCUT2D eigenvalue weighted by Gasteiger charge is -2.25. The van der Waals surface area contributed by atoms with Gasteiger partial charge in [-0.25, -0.2) is 4.79 Å². The molecule has 2 heterocycles. The zero-order valence-corrected chi connectivity index (χ0v) is 12.6. The van der Waals surface area contributed by atoms with Crippen LogP contribution in [0.4, 0.5) is 5.82 Å². The van der Waals surface area contributed by atoms with E-state index in [2.05, 4.69) is 39.4 Å². The Morgan fingerprint density at radius 3 is 2.75 bits per heavy atom. The highest BCUT2D eigenvalue weighted by molar-refractivity contribution is 7.09. The van der Waals surface area contributed by atoms with Gasteiger partial charge in [-0.2, -0.15) is 0 Å². The summed E-state index contributed by atoms with van der Waals surface area (Å²) in [6.45, 7) is 2.13. The fourth-order valence-corrected chi connectivity index (χ4v) is 2.64. The van der Waals surface area contributed by atoms with Gasteiger partial charge in [0.1, 0.15) is 0 Å². The fraction of sp³-hybridized carbons (Fsp3) is 0.357. The number of hydrogen-bond donors (Lipinski definition) is 0. The number of methoxy groups -OCH3 is 1. The van der Waals surface area contributed by atoms with Gasteiger partial charge in [-0.05, 0) is 30.5 Å². The summed E-state index contributed by atoms with van der Waals surface area (Å²) in [5.41, 5.74) is 0.218. The van der Waals surface area contributed by atoms with Gasteiger partial charge in [0.2, 0.25) is 0 Å². The molecule has 0 radical (unpaired) electrons. The van der Waals surface area contributed by atoms with Crippen molar-refractivity contribution in [3.63, 3.8) is 0 Å². The molecule has 0 aliphatic heterocycles. The molecule has 0 bridgehead atoms. The summed E-state index contributed by atoms with van der Waals surface area (Å²) in [6.07, 6.45) is 0.953. The van der Waals surface area contributed by atoms with Crippen LogP contribution in [-0.2, 0) is 11.2 Å². The number of likely N-dealkylation sites (N-methyl/N-ethyl adjacent to an activating group) is 1. The Bertz CT molecular complexity index is 554. The van der Waals surface area contributed by atoms with Gasteiger partial charge in [-0.3, -0.25) is 0 Å². The van der Waals surface area contributed by atoms with Gasteiger partial charge in [-0.1, -0.05) is 6.07 Å². The summed E-state index contributed by atoms with van der Waals surface area (Å²) in [5.74, 6) is 0.264.